The largest absolute Gasteiger partial charge is 0.337 e. The quantitative estimate of drug-likeness (QED) is 0.408. The van der Waals surface area contributed by atoms with Crippen molar-refractivity contribution in [3.63, 3.8) is 0 Å². The molecule has 0 aromatic heterocycles. The Hall–Kier alpha value is -2.90. The van der Waals surface area contributed by atoms with Gasteiger partial charge < -0.3 is 10.2 Å². The molecule has 9 heteroatoms. The van der Waals surface area contributed by atoms with Crippen LogP contribution < -0.4 is 5.32 Å². The minimum absolute atomic E-state index is 0.0217. The molecule has 7 nitrogen and oxygen atoms in total. The van der Waals surface area contributed by atoms with Gasteiger partial charge in [-0.05, 0) is 49.1 Å². The summed E-state index contributed by atoms with van der Waals surface area (Å²) in [6, 6.07) is 10.3. The predicted molar refractivity (Wildman–Crippen MR) is 115 cm³/mol. The molecule has 2 aromatic rings. The van der Waals surface area contributed by atoms with Gasteiger partial charge in [-0.1, -0.05) is 35.3 Å². The topological polar surface area (TPSA) is 92.5 Å². The maximum atomic E-state index is 13.1. The van der Waals surface area contributed by atoms with E-state index in [0.29, 0.717) is 23.7 Å². The van der Waals surface area contributed by atoms with Crippen LogP contribution in [0.4, 0.5) is 5.69 Å². The van der Waals surface area contributed by atoms with Crippen LogP contribution in [0.15, 0.2) is 48.2 Å². The first-order valence-corrected chi connectivity index (χ1v) is 10.1. The lowest BCUT2D eigenvalue weighted by molar-refractivity contribution is -0.384. The molecule has 1 N–H and O–H groups in total. The van der Waals surface area contributed by atoms with E-state index in [0.717, 1.165) is 19.3 Å². The number of halogens is 2. The van der Waals surface area contributed by atoms with E-state index < -0.39 is 10.8 Å². The summed E-state index contributed by atoms with van der Waals surface area (Å²) in [5.74, 6) is -0.918. The Morgan fingerprint density at radius 2 is 1.80 bits per heavy atom. The third-order valence-corrected chi connectivity index (χ3v) is 5.24. The van der Waals surface area contributed by atoms with Gasteiger partial charge in [0.1, 0.15) is 5.70 Å². The summed E-state index contributed by atoms with van der Waals surface area (Å²) < 4.78 is 0. The van der Waals surface area contributed by atoms with Crippen LogP contribution in [0.1, 0.15) is 35.2 Å². The third kappa shape index (κ3) is 5.37. The van der Waals surface area contributed by atoms with Crippen LogP contribution in [-0.2, 0) is 4.79 Å². The van der Waals surface area contributed by atoms with E-state index >= 15 is 0 Å². The Kier molecular flexibility index (Phi) is 7.07. The smallest absolute Gasteiger partial charge is 0.270 e. The SMILES string of the molecule is O=C(N/C(=C\c1cccc([N+](=O)[O-])c1)C(=O)N1CCCCC1)c1ccc(Cl)cc1Cl. The van der Waals surface area contributed by atoms with E-state index in [1.54, 1.807) is 11.0 Å². The van der Waals surface area contributed by atoms with Crippen molar-refractivity contribution in [1.82, 2.24) is 10.2 Å². The number of likely N-dealkylation sites (tertiary alicyclic amines) is 1. The number of nitro benzene ring substituents is 1. The maximum absolute atomic E-state index is 13.1. The van der Waals surface area contributed by atoms with Gasteiger partial charge in [-0.2, -0.15) is 0 Å². The van der Waals surface area contributed by atoms with Crippen LogP contribution in [0.3, 0.4) is 0 Å². The van der Waals surface area contributed by atoms with E-state index in [9.17, 15) is 19.7 Å². The molecule has 0 atom stereocenters. The zero-order valence-electron chi connectivity index (χ0n) is 15.9. The van der Waals surface area contributed by atoms with Crippen molar-refractivity contribution in [2.24, 2.45) is 0 Å². The number of benzene rings is 2. The zero-order valence-corrected chi connectivity index (χ0v) is 17.4. The molecule has 0 aliphatic carbocycles. The maximum Gasteiger partial charge on any atom is 0.270 e. The molecule has 2 amide bonds. The molecule has 0 unspecified atom stereocenters. The van der Waals surface area contributed by atoms with E-state index in [4.69, 9.17) is 23.2 Å². The number of amides is 2. The van der Waals surface area contributed by atoms with Crippen molar-refractivity contribution in [2.45, 2.75) is 19.3 Å². The first kappa shape index (κ1) is 21.8. The lowest BCUT2D eigenvalue weighted by Crippen LogP contribution is -2.41. The summed E-state index contributed by atoms with van der Waals surface area (Å²) in [4.78, 5) is 38.1. The first-order valence-electron chi connectivity index (χ1n) is 9.37. The normalized spacial score (nSPS) is 14.3. The summed E-state index contributed by atoms with van der Waals surface area (Å²) in [6.07, 6.45) is 4.24. The summed E-state index contributed by atoms with van der Waals surface area (Å²) in [5, 5.41) is 14.2. The van der Waals surface area contributed by atoms with Gasteiger partial charge >= 0.3 is 0 Å². The standard InChI is InChI=1S/C21H19Cl2N3O4/c22-15-7-8-17(18(23)13-15)20(27)24-19(21(28)25-9-2-1-3-10-25)12-14-5-4-6-16(11-14)26(29)30/h4-8,11-13H,1-3,9-10H2,(H,24,27)/b19-12-. The number of carbonyl (C=O) groups excluding carboxylic acids is 2. The van der Waals surface area contributed by atoms with Crippen molar-refractivity contribution < 1.29 is 14.5 Å². The number of nitrogens with zero attached hydrogens (tertiary/aromatic N) is 2. The molecule has 1 aliphatic heterocycles. The fourth-order valence-corrected chi connectivity index (χ4v) is 3.67. The van der Waals surface area contributed by atoms with Crippen molar-refractivity contribution in [1.29, 1.82) is 0 Å². The number of hydrogen-bond acceptors (Lipinski definition) is 4. The predicted octanol–water partition coefficient (Wildman–Crippen LogP) is 4.69. The Morgan fingerprint density at radius 3 is 2.47 bits per heavy atom. The van der Waals surface area contributed by atoms with Crippen LogP contribution in [0, 0.1) is 10.1 Å². The Balaban J connectivity index is 1.94. The second-order valence-corrected chi connectivity index (χ2v) is 7.68. The molecule has 0 saturated carbocycles. The molecular formula is C21H19Cl2N3O4. The summed E-state index contributed by atoms with van der Waals surface area (Å²) >= 11 is 12.0. The van der Waals surface area contributed by atoms with Crippen molar-refractivity contribution >= 4 is 46.8 Å². The third-order valence-electron chi connectivity index (χ3n) is 4.69. The number of piperidine rings is 1. The van der Waals surface area contributed by atoms with Gasteiger partial charge in [0.15, 0.2) is 0 Å². The molecule has 156 valence electrons. The highest BCUT2D eigenvalue weighted by Crippen LogP contribution is 2.22. The highest BCUT2D eigenvalue weighted by molar-refractivity contribution is 6.36. The fourth-order valence-electron chi connectivity index (χ4n) is 3.18. The van der Waals surface area contributed by atoms with E-state index in [-0.39, 0.29) is 27.9 Å². The van der Waals surface area contributed by atoms with E-state index in [1.165, 1.54) is 42.5 Å². The summed E-state index contributed by atoms with van der Waals surface area (Å²) in [7, 11) is 0. The van der Waals surface area contributed by atoms with Crippen LogP contribution in [0.25, 0.3) is 6.08 Å². The molecule has 1 saturated heterocycles. The van der Waals surface area contributed by atoms with Gasteiger partial charge in [-0.3, -0.25) is 19.7 Å². The number of nitrogens with one attached hydrogen (secondary N) is 1. The molecule has 1 aliphatic rings. The first-order chi connectivity index (χ1) is 14.3. The van der Waals surface area contributed by atoms with Gasteiger partial charge in [0.2, 0.25) is 0 Å². The lowest BCUT2D eigenvalue weighted by Gasteiger charge is -2.27. The highest BCUT2D eigenvalue weighted by Gasteiger charge is 2.23. The van der Waals surface area contributed by atoms with Crippen LogP contribution >= 0.6 is 23.2 Å². The van der Waals surface area contributed by atoms with Crippen LogP contribution in [-0.4, -0.2) is 34.7 Å². The van der Waals surface area contributed by atoms with Gasteiger partial charge in [0.25, 0.3) is 17.5 Å². The van der Waals surface area contributed by atoms with Crippen molar-refractivity contribution in [3.8, 4) is 0 Å². The van der Waals surface area contributed by atoms with Crippen LogP contribution in [0.2, 0.25) is 10.0 Å². The number of nitro groups is 1. The average molecular weight is 448 g/mol. The Bertz CT molecular complexity index is 1020. The van der Waals surface area contributed by atoms with Gasteiger partial charge in [-0.15, -0.1) is 0 Å². The van der Waals surface area contributed by atoms with Gasteiger partial charge in [0.05, 0.1) is 15.5 Å². The second kappa shape index (κ2) is 9.73. The number of non-ortho nitro benzene ring substituents is 1. The molecule has 1 fully saturated rings. The fraction of sp³-hybridized carbons (Fsp3) is 0.238. The molecule has 1 heterocycles. The molecule has 30 heavy (non-hydrogen) atoms. The molecule has 3 rings (SSSR count). The monoisotopic (exact) mass is 447 g/mol. The number of carbonyl (C=O) groups is 2. The Morgan fingerprint density at radius 1 is 1.07 bits per heavy atom. The van der Waals surface area contributed by atoms with Crippen LogP contribution in [0.5, 0.6) is 0 Å². The minimum atomic E-state index is -0.571. The molecule has 0 radical (unpaired) electrons. The summed E-state index contributed by atoms with van der Waals surface area (Å²) in [5.41, 5.74) is 0.499. The van der Waals surface area contributed by atoms with Gasteiger partial charge in [-0.25, -0.2) is 0 Å². The molecule has 0 bridgehead atoms. The van der Waals surface area contributed by atoms with E-state index in [1.807, 2.05) is 0 Å². The zero-order chi connectivity index (χ0) is 21.7. The number of rotatable bonds is 5. The summed E-state index contributed by atoms with van der Waals surface area (Å²) in [6.45, 7) is 1.17. The highest BCUT2D eigenvalue weighted by atomic mass is 35.5. The minimum Gasteiger partial charge on any atom is -0.337 e. The molecule has 2 aromatic carbocycles. The Labute approximate surface area is 183 Å². The lowest BCUT2D eigenvalue weighted by atomic mass is 10.1. The second-order valence-electron chi connectivity index (χ2n) is 6.84. The van der Waals surface area contributed by atoms with E-state index in [2.05, 4.69) is 5.32 Å². The van der Waals surface area contributed by atoms with Crippen molar-refractivity contribution in [3.05, 3.63) is 79.4 Å². The van der Waals surface area contributed by atoms with Crippen molar-refractivity contribution in [2.75, 3.05) is 13.1 Å². The average Bonchev–Trinajstić information content (AvgIpc) is 2.73. The molecule has 0 spiro atoms. The number of hydrogen-bond donors (Lipinski definition) is 1. The van der Waals surface area contributed by atoms with Gasteiger partial charge in [0, 0.05) is 30.2 Å². The molecular weight excluding hydrogens is 429 g/mol.